The second-order valence-corrected chi connectivity index (χ2v) is 8.27. The molecule has 132 valence electrons. The van der Waals surface area contributed by atoms with Gasteiger partial charge in [0.2, 0.25) is 0 Å². The molecule has 0 aromatic carbocycles. The molecule has 3 nitrogen and oxygen atoms in total. The highest BCUT2D eigenvalue weighted by molar-refractivity contribution is 5.33. The quantitative estimate of drug-likeness (QED) is 0.702. The smallest absolute Gasteiger partial charge is 0.136 e. The molecule has 1 N–H and O–H groups in total. The maximum Gasteiger partial charge on any atom is 0.136 e. The second kappa shape index (κ2) is 5.86. The van der Waals surface area contributed by atoms with Crippen LogP contribution in [0.4, 0.5) is 0 Å². The summed E-state index contributed by atoms with van der Waals surface area (Å²) in [6.07, 6.45) is 11.2. The molecule has 4 atom stereocenters. The van der Waals surface area contributed by atoms with Crippen molar-refractivity contribution in [3.05, 3.63) is 34.5 Å². The lowest BCUT2D eigenvalue weighted by Gasteiger charge is -2.54. The normalized spacial score (nSPS) is 38.8. The number of rotatable bonds is 2. The predicted octanol–water partition coefficient (Wildman–Crippen LogP) is 5.26. The fourth-order valence-electron chi connectivity index (χ4n) is 6.11. The van der Waals surface area contributed by atoms with E-state index in [0.717, 1.165) is 55.5 Å². The average molecular weight is 330 g/mol. The summed E-state index contributed by atoms with van der Waals surface area (Å²) in [6.45, 7) is 2.27. The second-order valence-electron chi connectivity index (χ2n) is 8.27. The number of methoxy groups -OCH3 is 2. The minimum Gasteiger partial charge on any atom is -0.508 e. The van der Waals surface area contributed by atoms with Gasteiger partial charge in [-0.15, -0.1) is 0 Å². The van der Waals surface area contributed by atoms with Gasteiger partial charge in [0.1, 0.15) is 11.5 Å². The van der Waals surface area contributed by atoms with Gasteiger partial charge in [-0.3, -0.25) is 0 Å². The van der Waals surface area contributed by atoms with Crippen molar-refractivity contribution < 1.29 is 14.6 Å². The highest BCUT2D eigenvalue weighted by Crippen LogP contribution is 2.60. The number of allylic oxidation sites excluding steroid dienone is 5. The van der Waals surface area contributed by atoms with Crippen LogP contribution in [0.1, 0.15) is 58.3 Å². The fraction of sp³-hybridized carbons (Fsp3) is 0.714. The SMILES string of the molecule is COC1=CCC2=C(CC[C@@H]3C2CC[C@]2(C)C(O)=C(OC)CC[C@@H]32)C1. The average Bonchev–Trinajstić information content (AvgIpc) is 2.61. The maximum atomic E-state index is 10.8. The van der Waals surface area contributed by atoms with Gasteiger partial charge in [-0.2, -0.15) is 0 Å². The zero-order valence-corrected chi connectivity index (χ0v) is 15.2. The molecule has 3 heteroatoms. The van der Waals surface area contributed by atoms with Gasteiger partial charge in [0.25, 0.3) is 0 Å². The Morgan fingerprint density at radius 1 is 1.12 bits per heavy atom. The predicted molar refractivity (Wildman–Crippen MR) is 94.3 cm³/mol. The summed E-state index contributed by atoms with van der Waals surface area (Å²) in [4.78, 5) is 0. The summed E-state index contributed by atoms with van der Waals surface area (Å²) >= 11 is 0. The van der Waals surface area contributed by atoms with Crippen molar-refractivity contribution in [1.29, 1.82) is 0 Å². The van der Waals surface area contributed by atoms with E-state index < -0.39 is 0 Å². The van der Waals surface area contributed by atoms with Gasteiger partial charge in [-0.1, -0.05) is 18.1 Å². The van der Waals surface area contributed by atoms with E-state index in [1.54, 1.807) is 25.4 Å². The van der Waals surface area contributed by atoms with Crippen molar-refractivity contribution in [2.45, 2.75) is 58.3 Å². The van der Waals surface area contributed by atoms with Crippen molar-refractivity contribution in [2.24, 2.45) is 23.2 Å². The Morgan fingerprint density at radius 2 is 1.96 bits per heavy atom. The molecule has 0 aromatic rings. The minimum atomic E-state index is -0.0784. The Kier molecular flexibility index (Phi) is 3.93. The van der Waals surface area contributed by atoms with E-state index in [1.165, 1.54) is 19.3 Å². The first kappa shape index (κ1) is 16.1. The molecule has 24 heavy (non-hydrogen) atoms. The molecule has 0 saturated heterocycles. The Bertz CT molecular complexity index is 627. The zero-order chi connectivity index (χ0) is 16.9. The minimum absolute atomic E-state index is 0.0784. The van der Waals surface area contributed by atoms with Crippen LogP contribution < -0.4 is 0 Å². The molecule has 1 unspecified atom stereocenters. The molecule has 4 rings (SSSR count). The summed E-state index contributed by atoms with van der Waals surface area (Å²) in [7, 11) is 3.49. The van der Waals surface area contributed by atoms with Crippen LogP contribution in [0.5, 0.6) is 0 Å². The molecule has 0 radical (unpaired) electrons. The number of fused-ring (bicyclic) bond motifs is 4. The van der Waals surface area contributed by atoms with Crippen LogP contribution in [0.3, 0.4) is 0 Å². The van der Waals surface area contributed by atoms with E-state index in [9.17, 15) is 5.11 Å². The lowest BCUT2D eigenvalue weighted by atomic mass is 9.51. The van der Waals surface area contributed by atoms with Crippen LogP contribution in [0.2, 0.25) is 0 Å². The number of aliphatic hydroxyl groups excluding tert-OH is 1. The summed E-state index contributed by atoms with van der Waals surface area (Å²) < 4.78 is 11.0. The van der Waals surface area contributed by atoms with Gasteiger partial charge in [-0.05, 0) is 62.4 Å². The Labute approximate surface area is 145 Å². The first-order valence-corrected chi connectivity index (χ1v) is 9.49. The van der Waals surface area contributed by atoms with Gasteiger partial charge in [0, 0.05) is 18.3 Å². The molecule has 1 fully saturated rings. The third-order valence-corrected chi connectivity index (χ3v) is 7.44. The van der Waals surface area contributed by atoms with Crippen molar-refractivity contribution in [1.82, 2.24) is 0 Å². The lowest BCUT2D eigenvalue weighted by molar-refractivity contribution is -0.0139. The topological polar surface area (TPSA) is 38.7 Å². The molecule has 0 spiro atoms. The largest absolute Gasteiger partial charge is 0.508 e. The molecule has 4 aliphatic rings. The van der Waals surface area contributed by atoms with E-state index in [0.29, 0.717) is 11.7 Å². The molecule has 4 aliphatic carbocycles. The standard InChI is InChI=1S/C21H30O3/c1-21-11-10-16-15-7-5-14(23-2)12-13(15)4-6-17(16)18(21)8-9-19(24-3)20(21)22/h5,16-18,22H,4,6-12H2,1-3H3/t16?,17-,18+,21+/m1/s1. The van der Waals surface area contributed by atoms with Gasteiger partial charge < -0.3 is 14.6 Å². The van der Waals surface area contributed by atoms with Crippen LogP contribution in [-0.4, -0.2) is 19.3 Å². The van der Waals surface area contributed by atoms with Gasteiger partial charge in [-0.25, -0.2) is 0 Å². The Balaban J connectivity index is 1.62. The summed E-state index contributed by atoms with van der Waals surface area (Å²) in [6, 6.07) is 0. The summed E-state index contributed by atoms with van der Waals surface area (Å²) in [5, 5.41) is 10.8. The van der Waals surface area contributed by atoms with Crippen LogP contribution in [-0.2, 0) is 9.47 Å². The highest BCUT2D eigenvalue weighted by Gasteiger charge is 2.53. The first-order valence-electron chi connectivity index (χ1n) is 9.49. The number of ether oxygens (including phenoxy) is 2. The third kappa shape index (κ3) is 2.23. The molecule has 0 amide bonds. The Hall–Kier alpha value is -1.38. The van der Waals surface area contributed by atoms with Gasteiger partial charge in [0.05, 0.1) is 20.0 Å². The molecule has 0 aromatic heterocycles. The van der Waals surface area contributed by atoms with Crippen LogP contribution in [0, 0.1) is 23.2 Å². The monoisotopic (exact) mass is 330 g/mol. The number of hydrogen-bond donors (Lipinski definition) is 1. The molecular formula is C21H30O3. The molecule has 0 bridgehead atoms. The number of aliphatic hydroxyl groups is 1. The van der Waals surface area contributed by atoms with E-state index in [1.807, 2.05) is 0 Å². The van der Waals surface area contributed by atoms with Crippen molar-refractivity contribution in [3.63, 3.8) is 0 Å². The highest BCUT2D eigenvalue weighted by atomic mass is 16.5. The zero-order valence-electron chi connectivity index (χ0n) is 15.2. The van der Waals surface area contributed by atoms with Crippen molar-refractivity contribution in [2.75, 3.05) is 14.2 Å². The van der Waals surface area contributed by atoms with Gasteiger partial charge >= 0.3 is 0 Å². The van der Waals surface area contributed by atoms with E-state index in [2.05, 4.69) is 13.0 Å². The van der Waals surface area contributed by atoms with Crippen LogP contribution in [0.25, 0.3) is 0 Å². The lowest BCUT2D eigenvalue weighted by Crippen LogP contribution is -2.47. The van der Waals surface area contributed by atoms with Crippen molar-refractivity contribution in [3.8, 4) is 0 Å². The van der Waals surface area contributed by atoms with Crippen LogP contribution in [0.15, 0.2) is 34.5 Å². The molecule has 0 heterocycles. The van der Waals surface area contributed by atoms with E-state index in [4.69, 9.17) is 9.47 Å². The van der Waals surface area contributed by atoms with Gasteiger partial charge in [0.15, 0.2) is 0 Å². The summed E-state index contributed by atoms with van der Waals surface area (Å²) in [5.41, 5.74) is 3.27. The third-order valence-electron chi connectivity index (χ3n) is 7.44. The first-order chi connectivity index (χ1) is 11.6. The fourth-order valence-corrected chi connectivity index (χ4v) is 6.11. The molecule has 1 saturated carbocycles. The van der Waals surface area contributed by atoms with E-state index in [-0.39, 0.29) is 5.41 Å². The molecular weight excluding hydrogens is 300 g/mol. The Morgan fingerprint density at radius 3 is 2.71 bits per heavy atom. The molecule has 0 aliphatic heterocycles. The number of hydrogen-bond acceptors (Lipinski definition) is 3. The summed E-state index contributed by atoms with van der Waals surface area (Å²) in [5.74, 6) is 4.56. The van der Waals surface area contributed by atoms with E-state index >= 15 is 0 Å². The van der Waals surface area contributed by atoms with Crippen LogP contribution >= 0.6 is 0 Å². The van der Waals surface area contributed by atoms with Crippen molar-refractivity contribution >= 4 is 0 Å². The maximum absolute atomic E-state index is 10.8.